The van der Waals surface area contributed by atoms with Gasteiger partial charge in [-0.1, -0.05) is 24.3 Å². The largest absolute Gasteiger partial charge is 0.496 e. The summed E-state index contributed by atoms with van der Waals surface area (Å²) in [5.41, 5.74) is 3.27. The molecule has 0 aliphatic heterocycles. The number of hydrogen-bond donors (Lipinski definition) is 2. The van der Waals surface area contributed by atoms with Gasteiger partial charge in [0.15, 0.2) is 0 Å². The lowest BCUT2D eigenvalue weighted by molar-refractivity contribution is 0.405. The monoisotopic (exact) mass is 348 g/mol. The molecule has 6 heteroatoms. The highest BCUT2D eigenvalue weighted by molar-refractivity contribution is 7.89. The van der Waals surface area contributed by atoms with Crippen molar-refractivity contribution < 1.29 is 13.2 Å². The number of sulfonamides is 1. The summed E-state index contributed by atoms with van der Waals surface area (Å²) < 4.78 is 31.2. The Labute approximate surface area is 144 Å². The lowest BCUT2D eigenvalue weighted by atomic mass is 10.1. The van der Waals surface area contributed by atoms with E-state index < -0.39 is 10.0 Å². The predicted octanol–water partition coefficient (Wildman–Crippen LogP) is 2.76. The molecule has 2 rings (SSSR count). The van der Waals surface area contributed by atoms with Gasteiger partial charge in [-0.3, -0.25) is 0 Å². The van der Waals surface area contributed by atoms with Gasteiger partial charge < -0.3 is 10.1 Å². The molecule has 2 aromatic carbocycles. The van der Waals surface area contributed by atoms with E-state index in [9.17, 15) is 8.42 Å². The Bertz CT molecular complexity index is 786. The van der Waals surface area contributed by atoms with E-state index in [4.69, 9.17) is 4.74 Å². The van der Waals surface area contributed by atoms with Crippen molar-refractivity contribution in [2.75, 3.05) is 14.2 Å². The van der Waals surface area contributed by atoms with Crippen LogP contribution in [0.2, 0.25) is 0 Å². The second-order valence-corrected chi connectivity index (χ2v) is 7.58. The van der Waals surface area contributed by atoms with Crippen LogP contribution in [-0.4, -0.2) is 22.6 Å². The number of ether oxygens (including phenoxy) is 1. The number of aryl methyl sites for hydroxylation is 1. The van der Waals surface area contributed by atoms with Gasteiger partial charge in [0.2, 0.25) is 10.0 Å². The van der Waals surface area contributed by atoms with Gasteiger partial charge in [-0.25, -0.2) is 13.1 Å². The highest BCUT2D eigenvalue weighted by Gasteiger charge is 2.12. The Balaban J connectivity index is 2.06. The molecule has 0 aliphatic carbocycles. The summed E-state index contributed by atoms with van der Waals surface area (Å²) in [6, 6.07) is 13.1. The first-order valence-electron chi connectivity index (χ1n) is 7.78. The minimum Gasteiger partial charge on any atom is -0.496 e. The summed E-state index contributed by atoms with van der Waals surface area (Å²) in [4.78, 5) is 0.265. The highest BCUT2D eigenvalue weighted by Crippen LogP contribution is 2.21. The van der Waals surface area contributed by atoms with Crippen molar-refractivity contribution >= 4 is 10.0 Å². The molecule has 0 saturated heterocycles. The second-order valence-electron chi connectivity index (χ2n) is 5.69. The zero-order valence-electron chi connectivity index (χ0n) is 14.5. The van der Waals surface area contributed by atoms with Crippen molar-refractivity contribution in [2.24, 2.45) is 0 Å². The molecule has 2 aromatic rings. The molecule has 1 atom stereocenters. The molecule has 130 valence electrons. The van der Waals surface area contributed by atoms with Crippen molar-refractivity contribution in [3.63, 3.8) is 0 Å². The molecule has 5 nitrogen and oxygen atoms in total. The number of benzene rings is 2. The molecule has 0 saturated carbocycles. The number of nitrogens with one attached hydrogen (secondary N) is 2. The van der Waals surface area contributed by atoms with E-state index in [1.807, 2.05) is 32.0 Å². The second kappa shape index (κ2) is 7.79. The number of rotatable bonds is 7. The van der Waals surface area contributed by atoms with Crippen LogP contribution >= 0.6 is 0 Å². The Kier molecular flexibility index (Phi) is 5.99. The van der Waals surface area contributed by atoms with E-state index in [-0.39, 0.29) is 10.9 Å². The molecule has 0 fully saturated rings. The number of methoxy groups -OCH3 is 1. The minimum atomic E-state index is -3.40. The fourth-order valence-corrected chi connectivity index (χ4v) is 3.16. The van der Waals surface area contributed by atoms with E-state index in [2.05, 4.69) is 22.2 Å². The maximum atomic E-state index is 11.8. The Morgan fingerprint density at radius 2 is 1.79 bits per heavy atom. The van der Waals surface area contributed by atoms with E-state index in [1.165, 1.54) is 7.05 Å². The van der Waals surface area contributed by atoms with Crippen LogP contribution in [0.3, 0.4) is 0 Å². The Morgan fingerprint density at radius 3 is 2.38 bits per heavy atom. The highest BCUT2D eigenvalue weighted by atomic mass is 32.2. The maximum Gasteiger partial charge on any atom is 0.240 e. The minimum absolute atomic E-state index is 0.0855. The van der Waals surface area contributed by atoms with Gasteiger partial charge in [-0.2, -0.15) is 0 Å². The SMILES string of the molecule is CNS(=O)(=O)c1ccc([C@H](C)NCc2ccc(C)cc2OC)cc1. The van der Waals surface area contributed by atoms with Crippen molar-refractivity contribution in [1.29, 1.82) is 0 Å². The average molecular weight is 348 g/mol. The summed E-state index contributed by atoms with van der Waals surface area (Å²) in [6.45, 7) is 4.74. The third kappa shape index (κ3) is 4.35. The first kappa shape index (κ1) is 18.4. The van der Waals surface area contributed by atoms with Crippen LogP contribution in [-0.2, 0) is 16.6 Å². The quantitative estimate of drug-likeness (QED) is 0.807. The predicted molar refractivity (Wildman–Crippen MR) is 95.7 cm³/mol. The van der Waals surface area contributed by atoms with Gasteiger partial charge in [0.25, 0.3) is 0 Å². The standard InChI is InChI=1S/C18H24N2O3S/c1-13-5-6-16(18(11-13)23-4)12-20-14(2)15-7-9-17(10-8-15)24(21,22)19-3/h5-11,14,19-20H,12H2,1-4H3/t14-/m0/s1. The zero-order chi connectivity index (χ0) is 17.7. The first-order valence-corrected chi connectivity index (χ1v) is 9.26. The molecule has 2 N–H and O–H groups in total. The molecule has 0 heterocycles. The molecular weight excluding hydrogens is 324 g/mol. The van der Waals surface area contributed by atoms with Crippen molar-refractivity contribution in [2.45, 2.75) is 31.3 Å². The normalized spacial score (nSPS) is 12.8. The summed E-state index contributed by atoms with van der Waals surface area (Å²) in [7, 11) is -0.322. The molecule has 0 radical (unpaired) electrons. The van der Waals surface area contributed by atoms with E-state index in [0.29, 0.717) is 6.54 Å². The molecular formula is C18H24N2O3S. The molecule has 0 unspecified atom stereocenters. The lowest BCUT2D eigenvalue weighted by Crippen LogP contribution is -2.20. The summed E-state index contributed by atoms with van der Waals surface area (Å²) in [5.74, 6) is 0.866. The molecule has 0 spiro atoms. The summed E-state index contributed by atoms with van der Waals surface area (Å²) >= 11 is 0. The Morgan fingerprint density at radius 1 is 1.12 bits per heavy atom. The van der Waals surface area contributed by atoms with Gasteiger partial charge in [-0.15, -0.1) is 0 Å². The van der Waals surface area contributed by atoms with Crippen LogP contribution in [0.4, 0.5) is 0 Å². The smallest absolute Gasteiger partial charge is 0.240 e. The Hall–Kier alpha value is -1.89. The van der Waals surface area contributed by atoms with Gasteiger partial charge in [-0.05, 0) is 50.2 Å². The third-order valence-corrected chi connectivity index (χ3v) is 5.43. The van der Waals surface area contributed by atoms with Crippen molar-refractivity contribution in [1.82, 2.24) is 10.0 Å². The summed E-state index contributed by atoms with van der Waals surface area (Å²) in [6.07, 6.45) is 0. The van der Waals surface area contributed by atoms with E-state index >= 15 is 0 Å². The molecule has 0 aromatic heterocycles. The molecule has 24 heavy (non-hydrogen) atoms. The van der Waals surface area contributed by atoms with E-state index in [0.717, 1.165) is 22.4 Å². The fourth-order valence-electron chi connectivity index (χ4n) is 2.43. The van der Waals surface area contributed by atoms with Crippen LogP contribution in [0.5, 0.6) is 5.75 Å². The maximum absolute atomic E-state index is 11.8. The summed E-state index contributed by atoms with van der Waals surface area (Å²) in [5, 5.41) is 3.44. The van der Waals surface area contributed by atoms with Gasteiger partial charge in [0.1, 0.15) is 5.75 Å². The van der Waals surface area contributed by atoms with Crippen LogP contribution in [0, 0.1) is 6.92 Å². The average Bonchev–Trinajstić information content (AvgIpc) is 2.60. The van der Waals surface area contributed by atoms with Crippen molar-refractivity contribution in [3.05, 3.63) is 59.2 Å². The molecule has 0 bridgehead atoms. The van der Waals surface area contributed by atoms with Gasteiger partial charge in [0, 0.05) is 18.2 Å². The molecule has 0 aliphatic rings. The van der Waals surface area contributed by atoms with Crippen LogP contribution in [0.25, 0.3) is 0 Å². The number of hydrogen-bond acceptors (Lipinski definition) is 4. The zero-order valence-corrected chi connectivity index (χ0v) is 15.3. The lowest BCUT2D eigenvalue weighted by Gasteiger charge is -2.16. The van der Waals surface area contributed by atoms with Gasteiger partial charge >= 0.3 is 0 Å². The fraction of sp³-hybridized carbons (Fsp3) is 0.333. The van der Waals surface area contributed by atoms with Crippen molar-refractivity contribution in [3.8, 4) is 5.75 Å². The van der Waals surface area contributed by atoms with E-state index in [1.54, 1.807) is 19.2 Å². The van der Waals surface area contributed by atoms with Crippen LogP contribution in [0.1, 0.15) is 29.7 Å². The topological polar surface area (TPSA) is 67.4 Å². The molecule has 0 amide bonds. The van der Waals surface area contributed by atoms with Crippen LogP contribution < -0.4 is 14.8 Å². The van der Waals surface area contributed by atoms with Crippen LogP contribution in [0.15, 0.2) is 47.4 Å². The first-order chi connectivity index (χ1) is 11.4. The third-order valence-electron chi connectivity index (χ3n) is 4.00. The van der Waals surface area contributed by atoms with Gasteiger partial charge in [0.05, 0.1) is 12.0 Å².